The zero-order valence-electron chi connectivity index (χ0n) is 17.1. The first-order chi connectivity index (χ1) is 15.5. The third-order valence-electron chi connectivity index (χ3n) is 5.59. The molecule has 0 bridgehead atoms. The third-order valence-corrected chi connectivity index (χ3v) is 6.14. The fourth-order valence-electron chi connectivity index (χ4n) is 4.07. The molecule has 0 saturated carbocycles. The maximum atomic E-state index is 14.8. The number of halogens is 2. The van der Waals surface area contributed by atoms with Crippen molar-refractivity contribution in [3.63, 3.8) is 0 Å². The molecule has 0 aliphatic carbocycles. The Hall–Kier alpha value is -3.22. The van der Waals surface area contributed by atoms with Gasteiger partial charge in [0.1, 0.15) is 23.4 Å². The smallest absolute Gasteiger partial charge is 0.174 e. The zero-order chi connectivity index (χ0) is 22.2. The fraction of sp³-hybridized carbons (Fsp3) is 0.120. The molecule has 2 aromatic carbocycles. The summed E-state index contributed by atoms with van der Waals surface area (Å²) >= 11 is 11.9. The first-order valence-corrected chi connectivity index (χ1v) is 10.9. The van der Waals surface area contributed by atoms with Crippen LogP contribution in [-0.2, 0) is 0 Å². The van der Waals surface area contributed by atoms with Crippen LogP contribution in [0, 0.1) is 12.7 Å². The summed E-state index contributed by atoms with van der Waals surface area (Å²) in [5.41, 5.74) is 3.12. The molecule has 4 aromatic rings. The molecule has 1 saturated heterocycles. The summed E-state index contributed by atoms with van der Waals surface area (Å²) in [5.74, 6) is 0.970. The summed E-state index contributed by atoms with van der Waals surface area (Å²) < 4.78 is 21.1. The van der Waals surface area contributed by atoms with Crippen LogP contribution < -0.4 is 10.2 Å². The fourth-order valence-corrected chi connectivity index (χ4v) is 4.58. The van der Waals surface area contributed by atoms with E-state index in [-0.39, 0.29) is 11.9 Å². The second-order valence-corrected chi connectivity index (χ2v) is 8.43. The maximum absolute atomic E-state index is 14.8. The number of pyridine rings is 1. The number of nitrogens with zero attached hydrogens (tertiary/aromatic N) is 2. The second-order valence-electron chi connectivity index (χ2n) is 7.61. The highest BCUT2D eigenvalue weighted by Crippen LogP contribution is 2.43. The number of furan rings is 1. The molecule has 160 valence electrons. The van der Waals surface area contributed by atoms with Crippen molar-refractivity contribution in [3.05, 3.63) is 107 Å². The Balaban J connectivity index is 1.63. The largest absolute Gasteiger partial charge is 0.459 e. The number of thiocarbonyl (C=S) groups is 1. The van der Waals surface area contributed by atoms with Gasteiger partial charge >= 0.3 is 0 Å². The Morgan fingerprint density at radius 1 is 1.06 bits per heavy atom. The highest BCUT2D eigenvalue weighted by molar-refractivity contribution is 7.80. The minimum Gasteiger partial charge on any atom is -0.459 e. The number of aromatic nitrogens is 1. The van der Waals surface area contributed by atoms with Gasteiger partial charge in [0, 0.05) is 16.8 Å². The van der Waals surface area contributed by atoms with Crippen LogP contribution in [0.3, 0.4) is 0 Å². The molecule has 0 unspecified atom stereocenters. The third kappa shape index (κ3) is 3.66. The number of rotatable bonds is 4. The van der Waals surface area contributed by atoms with Crippen molar-refractivity contribution in [3.8, 4) is 11.3 Å². The van der Waals surface area contributed by atoms with Crippen LogP contribution in [0.1, 0.15) is 29.1 Å². The van der Waals surface area contributed by atoms with Gasteiger partial charge in [-0.2, -0.15) is 0 Å². The van der Waals surface area contributed by atoms with Crippen molar-refractivity contribution < 1.29 is 8.81 Å². The number of hydrogen-bond acceptors (Lipinski definition) is 3. The standard InChI is InChI=1S/C25H19ClFN3OS/c1-15-9-10-16(26)14-17(15)21-11-12-22(31-21)24-23(19-7-4-5-13-28-19)29-25(32)30(24)20-8-3-2-6-18(20)27/h2-14,23-24H,1H3,(H,29,32)/t23-,24-/m0/s1. The van der Waals surface area contributed by atoms with Gasteiger partial charge in [-0.1, -0.05) is 35.9 Å². The molecule has 3 heterocycles. The number of hydrogen-bond donors (Lipinski definition) is 1. The Morgan fingerprint density at radius 2 is 1.88 bits per heavy atom. The highest BCUT2D eigenvalue weighted by atomic mass is 35.5. The first kappa shape index (κ1) is 20.7. The number of aryl methyl sites for hydroxylation is 1. The highest BCUT2D eigenvalue weighted by Gasteiger charge is 2.43. The Bertz CT molecular complexity index is 1290. The van der Waals surface area contributed by atoms with Crippen LogP contribution in [0.15, 0.2) is 83.4 Å². The van der Waals surface area contributed by atoms with E-state index in [1.807, 2.05) is 55.5 Å². The molecule has 0 spiro atoms. The molecule has 4 nitrogen and oxygen atoms in total. The van der Waals surface area contributed by atoms with Crippen LogP contribution >= 0.6 is 23.8 Å². The molecule has 5 rings (SSSR count). The van der Waals surface area contributed by atoms with E-state index in [1.165, 1.54) is 6.07 Å². The lowest BCUT2D eigenvalue weighted by atomic mass is 10.0. The van der Waals surface area contributed by atoms with Crippen molar-refractivity contribution in [1.29, 1.82) is 0 Å². The summed E-state index contributed by atoms with van der Waals surface area (Å²) in [5, 5.41) is 4.35. The van der Waals surface area contributed by atoms with Gasteiger partial charge in [0.15, 0.2) is 5.11 Å². The van der Waals surface area contributed by atoms with Crippen LogP contribution in [-0.4, -0.2) is 10.1 Å². The van der Waals surface area contributed by atoms with E-state index < -0.39 is 6.04 Å². The Morgan fingerprint density at radius 3 is 2.66 bits per heavy atom. The molecule has 7 heteroatoms. The van der Waals surface area contributed by atoms with Crippen LogP contribution in [0.5, 0.6) is 0 Å². The van der Waals surface area contributed by atoms with Crippen molar-refractivity contribution in [2.45, 2.75) is 19.0 Å². The predicted octanol–water partition coefficient (Wildman–Crippen LogP) is 6.62. The lowest BCUT2D eigenvalue weighted by Gasteiger charge is -2.26. The normalized spacial score (nSPS) is 18.1. The quantitative estimate of drug-likeness (QED) is 0.344. The van der Waals surface area contributed by atoms with E-state index >= 15 is 0 Å². The number of nitrogens with one attached hydrogen (secondary N) is 1. The Kier molecular flexibility index (Phi) is 5.41. The summed E-state index contributed by atoms with van der Waals surface area (Å²) in [6, 6.07) is 21.0. The average Bonchev–Trinajstić information content (AvgIpc) is 3.41. The van der Waals surface area contributed by atoms with E-state index in [2.05, 4.69) is 10.3 Å². The van der Waals surface area contributed by atoms with Crippen molar-refractivity contribution in [2.24, 2.45) is 0 Å². The monoisotopic (exact) mass is 463 g/mol. The van der Waals surface area contributed by atoms with E-state index in [9.17, 15) is 4.39 Å². The van der Waals surface area contributed by atoms with E-state index in [0.29, 0.717) is 27.3 Å². The van der Waals surface area contributed by atoms with Gasteiger partial charge < -0.3 is 14.6 Å². The molecule has 1 aliphatic rings. The molecule has 2 atom stereocenters. The van der Waals surface area contributed by atoms with Crippen molar-refractivity contribution >= 4 is 34.6 Å². The summed E-state index contributed by atoms with van der Waals surface area (Å²) in [4.78, 5) is 6.27. The molecule has 1 aliphatic heterocycles. The minimum atomic E-state index is -0.428. The SMILES string of the molecule is Cc1ccc(Cl)cc1-c1ccc([C@H]2[C@H](c3ccccn3)NC(=S)N2c2ccccc2F)o1. The van der Waals surface area contributed by atoms with Gasteiger partial charge in [-0.25, -0.2) is 4.39 Å². The first-order valence-electron chi connectivity index (χ1n) is 10.1. The summed E-state index contributed by atoms with van der Waals surface area (Å²) in [7, 11) is 0. The van der Waals surface area contributed by atoms with Gasteiger partial charge in [-0.05, 0) is 73.2 Å². The topological polar surface area (TPSA) is 41.3 Å². The molecular formula is C25H19ClFN3OS. The molecule has 1 fully saturated rings. The predicted molar refractivity (Wildman–Crippen MR) is 128 cm³/mol. The van der Waals surface area contributed by atoms with E-state index in [1.54, 1.807) is 29.3 Å². The molecule has 0 radical (unpaired) electrons. The van der Waals surface area contributed by atoms with Crippen molar-refractivity contribution in [1.82, 2.24) is 10.3 Å². The van der Waals surface area contributed by atoms with Crippen LogP contribution in [0.2, 0.25) is 5.02 Å². The van der Waals surface area contributed by atoms with Gasteiger partial charge in [0.25, 0.3) is 0 Å². The van der Waals surface area contributed by atoms with E-state index in [0.717, 1.165) is 16.8 Å². The van der Waals surface area contributed by atoms with Gasteiger partial charge in [0.05, 0.1) is 17.4 Å². The minimum absolute atomic E-state index is 0.317. The van der Waals surface area contributed by atoms with Crippen LogP contribution in [0.4, 0.5) is 10.1 Å². The zero-order valence-corrected chi connectivity index (χ0v) is 18.7. The molecule has 32 heavy (non-hydrogen) atoms. The molecule has 2 aromatic heterocycles. The lowest BCUT2D eigenvalue weighted by molar-refractivity contribution is 0.437. The summed E-state index contributed by atoms with van der Waals surface area (Å²) in [6.45, 7) is 2.00. The van der Waals surface area contributed by atoms with Crippen molar-refractivity contribution in [2.75, 3.05) is 4.90 Å². The van der Waals surface area contributed by atoms with E-state index in [4.69, 9.17) is 28.2 Å². The molecule has 1 N–H and O–H groups in total. The maximum Gasteiger partial charge on any atom is 0.174 e. The number of benzene rings is 2. The molecular weight excluding hydrogens is 445 g/mol. The number of anilines is 1. The lowest BCUT2D eigenvalue weighted by Crippen LogP contribution is -2.30. The van der Waals surface area contributed by atoms with Gasteiger partial charge in [-0.15, -0.1) is 0 Å². The number of para-hydroxylation sites is 1. The average molecular weight is 464 g/mol. The summed E-state index contributed by atoms with van der Waals surface area (Å²) in [6.07, 6.45) is 1.73. The Labute approximate surface area is 195 Å². The van der Waals surface area contributed by atoms with Gasteiger partial charge in [-0.3, -0.25) is 4.98 Å². The molecule has 0 amide bonds. The second kappa shape index (κ2) is 8.37. The van der Waals surface area contributed by atoms with Gasteiger partial charge in [0.2, 0.25) is 0 Å². The van der Waals surface area contributed by atoms with Crippen LogP contribution in [0.25, 0.3) is 11.3 Å².